The average molecular weight is 292 g/mol. The highest BCUT2D eigenvalue weighted by Crippen LogP contribution is 2.25. The standard InChI is InChI=1S/C17H24O4/c1-4-6-7-12(5-2)10-13-14(16(18)19)8-11(3)9-15(13)17(20)21/h8-9,12H,4-7,10H2,1-3H3,(H,18,19)(H,20,21). The summed E-state index contributed by atoms with van der Waals surface area (Å²) >= 11 is 0. The van der Waals surface area contributed by atoms with Gasteiger partial charge in [-0.15, -0.1) is 0 Å². The van der Waals surface area contributed by atoms with Crippen LogP contribution in [0.3, 0.4) is 0 Å². The van der Waals surface area contributed by atoms with Crippen LogP contribution >= 0.6 is 0 Å². The SMILES string of the molecule is CCCCC(CC)Cc1c(C(=O)O)cc(C)cc1C(=O)O. The lowest BCUT2D eigenvalue weighted by molar-refractivity contribution is 0.0694. The van der Waals surface area contributed by atoms with Gasteiger partial charge in [-0.3, -0.25) is 0 Å². The lowest BCUT2D eigenvalue weighted by Crippen LogP contribution is -2.15. The molecule has 4 heteroatoms. The maximum Gasteiger partial charge on any atom is 0.335 e. The summed E-state index contributed by atoms with van der Waals surface area (Å²) in [5, 5.41) is 18.7. The predicted octanol–water partition coefficient (Wildman–Crippen LogP) is 4.15. The van der Waals surface area contributed by atoms with E-state index in [0.717, 1.165) is 25.7 Å². The van der Waals surface area contributed by atoms with Gasteiger partial charge in [0.15, 0.2) is 0 Å². The van der Waals surface area contributed by atoms with Crippen LogP contribution in [0.4, 0.5) is 0 Å². The van der Waals surface area contributed by atoms with Crippen LogP contribution in [-0.2, 0) is 6.42 Å². The highest BCUT2D eigenvalue weighted by molar-refractivity contribution is 5.97. The zero-order valence-corrected chi connectivity index (χ0v) is 13.0. The summed E-state index contributed by atoms with van der Waals surface area (Å²) in [7, 11) is 0. The third kappa shape index (κ3) is 4.59. The number of hydrogen-bond acceptors (Lipinski definition) is 2. The van der Waals surface area contributed by atoms with Crippen molar-refractivity contribution in [3.05, 3.63) is 34.4 Å². The lowest BCUT2D eigenvalue weighted by atomic mass is 9.86. The molecule has 0 saturated carbocycles. The van der Waals surface area contributed by atoms with Crippen LogP contribution < -0.4 is 0 Å². The Balaban J connectivity index is 3.23. The molecule has 0 amide bonds. The van der Waals surface area contributed by atoms with Gasteiger partial charge in [0.25, 0.3) is 0 Å². The molecule has 0 heterocycles. The molecule has 1 unspecified atom stereocenters. The number of carbonyl (C=O) groups is 2. The van der Waals surface area contributed by atoms with Gasteiger partial charge in [0.2, 0.25) is 0 Å². The van der Waals surface area contributed by atoms with E-state index in [4.69, 9.17) is 0 Å². The summed E-state index contributed by atoms with van der Waals surface area (Å²) in [6.07, 6.45) is 4.60. The molecule has 4 nitrogen and oxygen atoms in total. The molecule has 0 radical (unpaired) electrons. The summed E-state index contributed by atoms with van der Waals surface area (Å²) < 4.78 is 0. The molecule has 2 N–H and O–H groups in total. The smallest absolute Gasteiger partial charge is 0.335 e. The Morgan fingerprint density at radius 1 is 1.10 bits per heavy atom. The lowest BCUT2D eigenvalue weighted by Gasteiger charge is -2.18. The monoisotopic (exact) mass is 292 g/mol. The van der Waals surface area contributed by atoms with Crippen LogP contribution in [0.5, 0.6) is 0 Å². The van der Waals surface area contributed by atoms with Gasteiger partial charge in [-0.2, -0.15) is 0 Å². The highest BCUT2D eigenvalue weighted by Gasteiger charge is 2.21. The molecular formula is C17H24O4. The molecule has 1 atom stereocenters. The Labute approximate surface area is 125 Å². The second kappa shape index (κ2) is 7.81. The summed E-state index contributed by atoms with van der Waals surface area (Å²) in [4.78, 5) is 22.9. The van der Waals surface area contributed by atoms with Crippen LogP contribution in [0.2, 0.25) is 0 Å². The normalized spacial score (nSPS) is 12.1. The third-order valence-corrected chi connectivity index (χ3v) is 3.89. The van der Waals surface area contributed by atoms with Gasteiger partial charge in [-0.05, 0) is 42.5 Å². The Kier molecular flexibility index (Phi) is 6.40. The maximum atomic E-state index is 11.4. The van der Waals surface area contributed by atoms with Gasteiger partial charge in [0.1, 0.15) is 0 Å². The Bertz CT molecular complexity index is 485. The van der Waals surface area contributed by atoms with E-state index in [0.29, 0.717) is 23.5 Å². The van der Waals surface area contributed by atoms with Crippen molar-refractivity contribution >= 4 is 11.9 Å². The number of unbranched alkanes of at least 4 members (excludes halogenated alkanes) is 1. The van der Waals surface area contributed by atoms with Gasteiger partial charge >= 0.3 is 11.9 Å². The Hall–Kier alpha value is -1.84. The molecule has 0 aliphatic carbocycles. The molecule has 0 saturated heterocycles. The van der Waals surface area contributed by atoms with Crippen molar-refractivity contribution in [2.24, 2.45) is 5.92 Å². The van der Waals surface area contributed by atoms with Gasteiger partial charge in [-0.1, -0.05) is 39.5 Å². The molecule has 1 aromatic rings. The molecule has 116 valence electrons. The molecule has 0 fully saturated rings. The van der Waals surface area contributed by atoms with Crippen LogP contribution in [0.25, 0.3) is 0 Å². The first-order chi connectivity index (χ1) is 9.90. The fraction of sp³-hybridized carbons (Fsp3) is 0.529. The molecule has 0 aliphatic heterocycles. The second-order valence-electron chi connectivity index (χ2n) is 5.57. The highest BCUT2D eigenvalue weighted by atomic mass is 16.4. The fourth-order valence-corrected chi connectivity index (χ4v) is 2.65. The molecular weight excluding hydrogens is 268 g/mol. The quantitative estimate of drug-likeness (QED) is 0.754. The first-order valence-electron chi connectivity index (χ1n) is 7.50. The van der Waals surface area contributed by atoms with Gasteiger partial charge in [0.05, 0.1) is 11.1 Å². The van der Waals surface area contributed by atoms with Crippen molar-refractivity contribution in [1.82, 2.24) is 0 Å². The van der Waals surface area contributed by atoms with Crippen LogP contribution in [0.15, 0.2) is 12.1 Å². The average Bonchev–Trinajstić information content (AvgIpc) is 2.43. The summed E-state index contributed by atoms with van der Waals surface area (Å²) in [6.45, 7) is 5.90. The number of hydrogen-bond donors (Lipinski definition) is 2. The third-order valence-electron chi connectivity index (χ3n) is 3.89. The molecule has 0 spiro atoms. The summed E-state index contributed by atoms with van der Waals surface area (Å²) in [5.41, 5.74) is 1.38. The summed E-state index contributed by atoms with van der Waals surface area (Å²) in [5.74, 6) is -1.79. The van der Waals surface area contributed by atoms with Crippen molar-refractivity contribution in [3.8, 4) is 0 Å². The zero-order valence-electron chi connectivity index (χ0n) is 13.0. The van der Waals surface area contributed by atoms with Crippen LogP contribution in [-0.4, -0.2) is 22.2 Å². The van der Waals surface area contributed by atoms with Crippen LogP contribution in [0.1, 0.15) is 71.4 Å². The number of carboxylic acids is 2. The largest absolute Gasteiger partial charge is 0.478 e. The first-order valence-corrected chi connectivity index (χ1v) is 7.50. The summed E-state index contributed by atoms with van der Waals surface area (Å²) in [6, 6.07) is 3.13. The van der Waals surface area contributed by atoms with Crippen LogP contribution in [0, 0.1) is 12.8 Å². The number of aromatic carboxylic acids is 2. The molecule has 0 bridgehead atoms. The van der Waals surface area contributed by atoms with Crippen molar-refractivity contribution < 1.29 is 19.8 Å². The van der Waals surface area contributed by atoms with E-state index in [1.807, 2.05) is 0 Å². The second-order valence-corrected chi connectivity index (χ2v) is 5.57. The number of benzene rings is 1. The first kappa shape index (κ1) is 17.2. The molecule has 1 aromatic carbocycles. The molecule has 21 heavy (non-hydrogen) atoms. The van der Waals surface area contributed by atoms with Gasteiger partial charge in [0, 0.05) is 0 Å². The topological polar surface area (TPSA) is 74.6 Å². The van der Waals surface area contributed by atoms with E-state index in [2.05, 4.69) is 13.8 Å². The van der Waals surface area contributed by atoms with E-state index in [9.17, 15) is 19.8 Å². The van der Waals surface area contributed by atoms with Gasteiger partial charge in [-0.25, -0.2) is 9.59 Å². The van der Waals surface area contributed by atoms with E-state index in [-0.39, 0.29) is 11.1 Å². The van der Waals surface area contributed by atoms with E-state index >= 15 is 0 Å². The number of aryl methyl sites for hydroxylation is 1. The van der Waals surface area contributed by atoms with Crippen molar-refractivity contribution in [1.29, 1.82) is 0 Å². The molecule has 1 rings (SSSR count). The minimum absolute atomic E-state index is 0.127. The Morgan fingerprint density at radius 3 is 2.00 bits per heavy atom. The van der Waals surface area contributed by atoms with E-state index in [1.54, 1.807) is 19.1 Å². The molecule has 0 aromatic heterocycles. The predicted molar refractivity (Wildman–Crippen MR) is 82.1 cm³/mol. The number of carboxylic acid groups (broad SMARTS) is 2. The molecule has 0 aliphatic rings. The maximum absolute atomic E-state index is 11.4. The van der Waals surface area contributed by atoms with Crippen molar-refractivity contribution in [3.63, 3.8) is 0 Å². The Morgan fingerprint density at radius 2 is 1.62 bits per heavy atom. The van der Waals surface area contributed by atoms with Crippen molar-refractivity contribution in [2.75, 3.05) is 0 Å². The van der Waals surface area contributed by atoms with E-state index in [1.165, 1.54) is 0 Å². The zero-order chi connectivity index (χ0) is 16.0. The van der Waals surface area contributed by atoms with Crippen molar-refractivity contribution in [2.45, 2.75) is 52.9 Å². The minimum Gasteiger partial charge on any atom is -0.478 e. The fourth-order valence-electron chi connectivity index (χ4n) is 2.65. The van der Waals surface area contributed by atoms with E-state index < -0.39 is 11.9 Å². The van der Waals surface area contributed by atoms with Gasteiger partial charge < -0.3 is 10.2 Å². The minimum atomic E-state index is -1.05. The number of rotatable bonds is 8.